The Morgan fingerprint density at radius 1 is 1.05 bits per heavy atom. The summed E-state index contributed by atoms with van der Waals surface area (Å²) in [4.78, 5) is 4.15. The molecule has 2 aromatic carbocycles. The second-order valence-corrected chi connectivity index (χ2v) is 5.22. The van der Waals surface area contributed by atoms with Gasteiger partial charge in [0.05, 0.1) is 12.1 Å². The maximum atomic E-state index is 5.73. The van der Waals surface area contributed by atoms with Crippen molar-refractivity contribution in [1.82, 2.24) is 4.98 Å². The molecule has 0 unspecified atom stereocenters. The Kier molecular flexibility index (Phi) is 2.64. The van der Waals surface area contributed by atoms with Gasteiger partial charge in [0.25, 0.3) is 0 Å². The summed E-state index contributed by atoms with van der Waals surface area (Å²) in [6.45, 7) is 0. The van der Waals surface area contributed by atoms with Crippen LogP contribution in [0.5, 0.6) is 0 Å². The van der Waals surface area contributed by atoms with E-state index in [1.165, 1.54) is 22.3 Å². The van der Waals surface area contributed by atoms with E-state index in [4.69, 9.17) is 16.0 Å². The van der Waals surface area contributed by atoms with Crippen LogP contribution in [0.1, 0.15) is 17.0 Å². The number of rotatable bonds is 2. The molecule has 0 N–H and O–H groups in total. The quantitative estimate of drug-likeness (QED) is 0.500. The van der Waals surface area contributed by atoms with Crippen LogP contribution in [0.2, 0.25) is 0 Å². The van der Waals surface area contributed by atoms with E-state index >= 15 is 0 Å². The topological polar surface area (TPSA) is 26.0 Å². The van der Waals surface area contributed by atoms with E-state index in [1.807, 2.05) is 0 Å². The third-order valence-corrected chi connectivity index (χ3v) is 3.97. The van der Waals surface area contributed by atoms with Crippen LogP contribution in [0.3, 0.4) is 0 Å². The molecule has 0 saturated heterocycles. The van der Waals surface area contributed by atoms with Gasteiger partial charge < -0.3 is 4.42 Å². The summed E-state index contributed by atoms with van der Waals surface area (Å²) in [6.07, 6.45) is 2.72. The van der Waals surface area contributed by atoms with Gasteiger partial charge in [-0.3, -0.25) is 0 Å². The monoisotopic (exact) mass is 281 g/mol. The number of aromatic nitrogens is 1. The zero-order chi connectivity index (χ0) is 13.5. The molecule has 1 aliphatic rings. The lowest BCUT2D eigenvalue weighted by Crippen LogP contribution is -1.82. The van der Waals surface area contributed by atoms with Gasteiger partial charge in [0, 0.05) is 5.56 Å². The number of hydrogen-bond donors (Lipinski definition) is 0. The molecular weight excluding hydrogens is 270 g/mol. The number of oxazole rings is 1. The van der Waals surface area contributed by atoms with Gasteiger partial charge in [-0.2, -0.15) is 0 Å². The van der Waals surface area contributed by atoms with Crippen LogP contribution >= 0.6 is 11.6 Å². The maximum Gasteiger partial charge on any atom is 0.209 e. The Morgan fingerprint density at radius 3 is 2.75 bits per heavy atom. The fraction of sp³-hybridized carbons (Fsp3) is 0.118. The van der Waals surface area contributed by atoms with E-state index in [2.05, 4.69) is 47.4 Å². The maximum absolute atomic E-state index is 5.73. The van der Waals surface area contributed by atoms with Crippen LogP contribution < -0.4 is 0 Å². The van der Waals surface area contributed by atoms with Gasteiger partial charge in [0.15, 0.2) is 5.76 Å². The Morgan fingerprint density at radius 2 is 1.90 bits per heavy atom. The van der Waals surface area contributed by atoms with Crippen LogP contribution in [-0.2, 0) is 12.3 Å². The molecule has 0 spiro atoms. The number of hydrogen-bond acceptors (Lipinski definition) is 2. The van der Waals surface area contributed by atoms with Crippen molar-refractivity contribution in [3.8, 4) is 22.5 Å². The fourth-order valence-corrected chi connectivity index (χ4v) is 2.93. The molecule has 0 amide bonds. The predicted molar refractivity (Wildman–Crippen MR) is 79.7 cm³/mol. The van der Waals surface area contributed by atoms with E-state index in [-0.39, 0.29) is 0 Å². The Bertz CT molecular complexity index is 791. The largest absolute Gasteiger partial charge is 0.439 e. The standard InChI is InChI=1S/C17H12ClNO/c18-9-17-19-10-16(20-17)12-5-6-15-13(8-12)7-11-3-1-2-4-14(11)15/h1-6,8,10H,7,9H2. The molecule has 1 heterocycles. The number of fused-ring (bicyclic) bond motifs is 3. The average molecular weight is 282 g/mol. The van der Waals surface area contributed by atoms with Crippen molar-refractivity contribution < 1.29 is 4.42 Å². The molecule has 0 saturated carbocycles. The van der Waals surface area contributed by atoms with Gasteiger partial charge in [-0.15, -0.1) is 11.6 Å². The molecule has 0 atom stereocenters. The Balaban J connectivity index is 1.78. The van der Waals surface area contributed by atoms with Crippen molar-refractivity contribution in [1.29, 1.82) is 0 Å². The lowest BCUT2D eigenvalue weighted by atomic mass is 10.0. The third-order valence-electron chi connectivity index (χ3n) is 3.75. The minimum absolute atomic E-state index is 0.302. The van der Waals surface area contributed by atoms with Crippen molar-refractivity contribution in [2.75, 3.05) is 0 Å². The molecule has 98 valence electrons. The first-order valence-electron chi connectivity index (χ1n) is 6.57. The van der Waals surface area contributed by atoms with Crippen molar-refractivity contribution in [3.05, 3.63) is 65.7 Å². The molecule has 1 aromatic heterocycles. The molecule has 4 rings (SSSR count). The summed E-state index contributed by atoms with van der Waals surface area (Å²) < 4.78 is 5.61. The van der Waals surface area contributed by atoms with Gasteiger partial charge >= 0.3 is 0 Å². The number of nitrogens with zero attached hydrogens (tertiary/aromatic N) is 1. The highest BCUT2D eigenvalue weighted by Crippen LogP contribution is 2.38. The molecule has 0 fully saturated rings. The summed E-state index contributed by atoms with van der Waals surface area (Å²) >= 11 is 5.73. The van der Waals surface area contributed by atoms with Crippen molar-refractivity contribution in [3.63, 3.8) is 0 Å². The summed E-state index contributed by atoms with van der Waals surface area (Å²) in [6, 6.07) is 15.0. The summed E-state index contributed by atoms with van der Waals surface area (Å²) in [5.41, 5.74) is 6.45. The smallest absolute Gasteiger partial charge is 0.209 e. The predicted octanol–water partition coefficient (Wildman–Crippen LogP) is 4.65. The minimum atomic E-state index is 0.302. The Labute approximate surface area is 122 Å². The number of halogens is 1. The van der Waals surface area contributed by atoms with E-state index in [0.717, 1.165) is 17.7 Å². The van der Waals surface area contributed by atoms with Crippen molar-refractivity contribution in [2.45, 2.75) is 12.3 Å². The summed E-state index contributed by atoms with van der Waals surface area (Å²) in [7, 11) is 0. The van der Waals surface area contributed by atoms with Gasteiger partial charge in [-0.1, -0.05) is 36.4 Å². The van der Waals surface area contributed by atoms with Crippen LogP contribution in [0.15, 0.2) is 53.1 Å². The van der Waals surface area contributed by atoms with Gasteiger partial charge in [0.2, 0.25) is 5.89 Å². The van der Waals surface area contributed by atoms with Crippen LogP contribution in [0.4, 0.5) is 0 Å². The molecule has 1 aliphatic carbocycles. The highest BCUT2D eigenvalue weighted by molar-refractivity contribution is 6.16. The van der Waals surface area contributed by atoms with Crippen LogP contribution in [0.25, 0.3) is 22.5 Å². The molecule has 2 nitrogen and oxygen atoms in total. The van der Waals surface area contributed by atoms with Crippen LogP contribution in [-0.4, -0.2) is 4.98 Å². The van der Waals surface area contributed by atoms with E-state index in [1.54, 1.807) is 6.20 Å². The first kappa shape index (κ1) is 11.7. The molecular formula is C17H12ClNO. The average Bonchev–Trinajstić information content (AvgIpc) is 3.10. The number of benzene rings is 2. The second-order valence-electron chi connectivity index (χ2n) is 4.96. The first-order valence-corrected chi connectivity index (χ1v) is 7.11. The minimum Gasteiger partial charge on any atom is -0.439 e. The molecule has 3 heteroatoms. The molecule has 20 heavy (non-hydrogen) atoms. The molecule has 3 aromatic rings. The zero-order valence-corrected chi connectivity index (χ0v) is 11.5. The van der Waals surface area contributed by atoms with Crippen LogP contribution in [0, 0.1) is 0 Å². The van der Waals surface area contributed by atoms with E-state index < -0.39 is 0 Å². The molecule has 0 radical (unpaired) electrons. The van der Waals surface area contributed by atoms with Crippen molar-refractivity contribution in [2.24, 2.45) is 0 Å². The zero-order valence-electron chi connectivity index (χ0n) is 10.8. The molecule has 0 aliphatic heterocycles. The van der Waals surface area contributed by atoms with Crippen molar-refractivity contribution >= 4 is 11.6 Å². The van der Waals surface area contributed by atoms with Gasteiger partial charge in [0.1, 0.15) is 0 Å². The lowest BCUT2D eigenvalue weighted by molar-refractivity contribution is 0.528. The highest BCUT2D eigenvalue weighted by Gasteiger charge is 2.18. The first-order chi connectivity index (χ1) is 9.85. The van der Waals surface area contributed by atoms with Gasteiger partial charge in [-0.05, 0) is 34.7 Å². The van der Waals surface area contributed by atoms with E-state index in [0.29, 0.717) is 11.8 Å². The lowest BCUT2D eigenvalue weighted by Gasteiger charge is -2.02. The second kappa shape index (κ2) is 4.50. The number of alkyl halides is 1. The normalized spacial score (nSPS) is 12.2. The summed E-state index contributed by atoms with van der Waals surface area (Å²) in [5.74, 6) is 1.64. The fourth-order valence-electron chi connectivity index (χ4n) is 2.80. The third kappa shape index (κ3) is 1.76. The highest BCUT2D eigenvalue weighted by atomic mass is 35.5. The molecule has 0 bridgehead atoms. The van der Waals surface area contributed by atoms with E-state index in [9.17, 15) is 0 Å². The SMILES string of the molecule is ClCc1ncc(-c2ccc3c(c2)Cc2ccccc2-3)o1. The Hall–Kier alpha value is -2.06. The van der Waals surface area contributed by atoms with Gasteiger partial charge in [-0.25, -0.2) is 4.98 Å². The summed E-state index contributed by atoms with van der Waals surface area (Å²) in [5, 5.41) is 0.